The maximum absolute atomic E-state index is 12.9. The molecule has 0 saturated carbocycles. The van der Waals surface area contributed by atoms with Crippen molar-refractivity contribution in [3.8, 4) is 11.5 Å². The summed E-state index contributed by atoms with van der Waals surface area (Å²) in [5.74, 6) is -0.721. The van der Waals surface area contributed by atoms with Crippen LogP contribution in [0.5, 0.6) is 11.5 Å². The Balaban J connectivity index is 1.61. The smallest absolute Gasteiger partial charge is 0.339 e. The van der Waals surface area contributed by atoms with Gasteiger partial charge in [-0.1, -0.05) is 35.9 Å². The molecule has 1 fully saturated rings. The van der Waals surface area contributed by atoms with Gasteiger partial charge in [-0.15, -0.1) is 0 Å². The van der Waals surface area contributed by atoms with Crippen molar-refractivity contribution >= 4 is 72.3 Å². The van der Waals surface area contributed by atoms with Gasteiger partial charge in [-0.3, -0.25) is 24.6 Å². The fourth-order valence-corrected chi connectivity index (χ4v) is 6.08. The maximum Gasteiger partial charge on any atom is 0.339 e. The van der Waals surface area contributed by atoms with Crippen molar-refractivity contribution in [1.82, 2.24) is 4.90 Å². The van der Waals surface area contributed by atoms with Crippen LogP contribution in [0, 0.1) is 10.1 Å². The minimum atomic E-state index is -4.47. The maximum atomic E-state index is 12.9. The summed E-state index contributed by atoms with van der Waals surface area (Å²) < 4.78 is 36.3. The number of hydrogen-bond donors (Lipinski definition) is 0. The summed E-state index contributed by atoms with van der Waals surface area (Å²) in [5, 5.41) is 11.0. The number of non-ortho nitro benzene ring substituents is 1. The van der Waals surface area contributed by atoms with Gasteiger partial charge >= 0.3 is 10.1 Å². The Labute approximate surface area is 234 Å². The summed E-state index contributed by atoms with van der Waals surface area (Å²) in [5.41, 5.74) is 0.616. The van der Waals surface area contributed by atoms with Gasteiger partial charge in [0.1, 0.15) is 4.90 Å². The van der Waals surface area contributed by atoms with Crippen LogP contribution in [0.15, 0.2) is 74.9 Å². The van der Waals surface area contributed by atoms with Crippen LogP contribution in [0.1, 0.15) is 11.1 Å². The molecule has 2 amide bonds. The van der Waals surface area contributed by atoms with Gasteiger partial charge in [-0.05, 0) is 69.2 Å². The summed E-state index contributed by atoms with van der Waals surface area (Å²) in [6.07, 6.45) is 1.46. The van der Waals surface area contributed by atoms with Crippen LogP contribution in [-0.2, 0) is 21.5 Å². The summed E-state index contributed by atoms with van der Waals surface area (Å²) in [7, 11) is -3.18. The van der Waals surface area contributed by atoms with E-state index >= 15 is 0 Å². The lowest BCUT2D eigenvalue weighted by atomic mass is 10.1. The fourth-order valence-electron chi connectivity index (χ4n) is 3.40. The zero-order valence-corrected chi connectivity index (χ0v) is 23.3. The molecule has 0 bridgehead atoms. The monoisotopic (exact) mass is 638 g/mol. The Morgan fingerprint density at radius 2 is 1.87 bits per heavy atom. The van der Waals surface area contributed by atoms with E-state index in [9.17, 15) is 28.1 Å². The summed E-state index contributed by atoms with van der Waals surface area (Å²) in [6.45, 7) is 0.0109. The van der Waals surface area contributed by atoms with E-state index in [-0.39, 0.29) is 27.4 Å². The molecule has 4 rings (SSSR count). The third-order valence-corrected chi connectivity index (χ3v) is 8.30. The molecule has 3 aromatic rings. The van der Waals surface area contributed by atoms with E-state index in [4.69, 9.17) is 20.5 Å². The molecule has 1 saturated heterocycles. The van der Waals surface area contributed by atoms with Crippen molar-refractivity contribution in [2.75, 3.05) is 7.11 Å². The normalized spacial score (nSPS) is 14.7. The van der Waals surface area contributed by atoms with Crippen LogP contribution in [0.4, 0.5) is 10.5 Å². The SMILES string of the molecule is COc1cc(/C=C2\SC(=O)N(Cc3ccccc3Cl)C2=O)cc(Br)c1OS(=O)(=O)c1cccc([N+](=O)[O-])c1. The zero-order valence-electron chi connectivity index (χ0n) is 19.3. The number of thioether (sulfide) groups is 1. The predicted molar refractivity (Wildman–Crippen MR) is 145 cm³/mol. The van der Waals surface area contributed by atoms with Gasteiger partial charge in [0.2, 0.25) is 0 Å². The first-order valence-electron chi connectivity index (χ1n) is 10.6. The topological polar surface area (TPSA) is 133 Å². The first-order valence-corrected chi connectivity index (χ1v) is 13.9. The second kappa shape index (κ2) is 11.2. The number of nitro groups is 1. The fraction of sp³-hybridized carbons (Fsp3) is 0.0833. The van der Waals surface area contributed by atoms with E-state index in [2.05, 4.69) is 15.9 Å². The third-order valence-electron chi connectivity index (χ3n) is 5.22. The largest absolute Gasteiger partial charge is 0.493 e. The van der Waals surface area contributed by atoms with E-state index in [1.165, 1.54) is 31.4 Å². The number of amides is 2. The van der Waals surface area contributed by atoms with Gasteiger partial charge in [-0.25, -0.2) is 0 Å². The van der Waals surface area contributed by atoms with Crippen molar-refractivity contribution in [3.63, 3.8) is 0 Å². The molecule has 0 aromatic heterocycles. The molecule has 1 aliphatic heterocycles. The van der Waals surface area contributed by atoms with E-state index in [0.717, 1.165) is 34.9 Å². The number of rotatable bonds is 8. The van der Waals surface area contributed by atoms with Crippen LogP contribution >= 0.6 is 39.3 Å². The van der Waals surface area contributed by atoms with Crippen LogP contribution in [0.2, 0.25) is 5.02 Å². The molecule has 0 aliphatic carbocycles. The van der Waals surface area contributed by atoms with Crippen LogP contribution in [0.3, 0.4) is 0 Å². The van der Waals surface area contributed by atoms with Gasteiger partial charge in [-0.2, -0.15) is 8.42 Å². The number of carbonyl (C=O) groups is 2. The molecular formula is C24H16BrClN2O8S2. The summed E-state index contributed by atoms with van der Waals surface area (Å²) >= 11 is 10.2. The highest BCUT2D eigenvalue weighted by atomic mass is 79.9. The molecular weight excluding hydrogens is 624 g/mol. The molecule has 10 nitrogen and oxygen atoms in total. The quantitative estimate of drug-likeness (QED) is 0.125. The highest BCUT2D eigenvalue weighted by molar-refractivity contribution is 9.10. The van der Waals surface area contributed by atoms with Crippen LogP contribution in [-0.4, -0.2) is 36.5 Å². The molecule has 1 aliphatic rings. The van der Waals surface area contributed by atoms with E-state index in [0.29, 0.717) is 16.1 Å². The van der Waals surface area contributed by atoms with E-state index < -0.39 is 36.8 Å². The van der Waals surface area contributed by atoms with Gasteiger partial charge in [0, 0.05) is 17.2 Å². The number of hydrogen-bond acceptors (Lipinski definition) is 9. The van der Waals surface area contributed by atoms with Crippen molar-refractivity contribution in [2.24, 2.45) is 0 Å². The van der Waals surface area contributed by atoms with Crippen molar-refractivity contribution < 1.29 is 31.9 Å². The molecule has 3 aromatic carbocycles. The Morgan fingerprint density at radius 1 is 1.13 bits per heavy atom. The molecule has 196 valence electrons. The Hall–Kier alpha value is -3.39. The number of imide groups is 1. The zero-order chi connectivity index (χ0) is 27.6. The van der Waals surface area contributed by atoms with E-state index in [1.807, 2.05) is 0 Å². The van der Waals surface area contributed by atoms with Crippen molar-refractivity contribution in [1.29, 1.82) is 0 Å². The minimum Gasteiger partial charge on any atom is -0.493 e. The highest BCUT2D eigenvalue weighted by Crippen LogP contribution is 2.41. The van der Waals surface area contributed by atoms with Gasteiger partial charge in [0.05, 0.1) is 28.0 Å². The Morgan fingerprint density at radius 3 is 2.55 bits per heavy atom. The molecule has 38 heavy (non-hydrogen) atoms. The molecule has 0 N–H and O–H groups in total. The van der Waals surface area contributed by atoms with Crippen molar-refractivity contribution in [2.45, 2.75) is 11.4 Å². The number of nitro benzene ring substituents is 1. The summed E-state index contributed by atoms with van der Waals surface area (Å²) in [4.78, 5) is 36.6. The van der Waals surface area contributed by atoms with E-state index in [1.54, 1.807) is 24.3 Å². The average Bonchev–Trinajstić information content (AvgIpc) is 3.14. The molecule has 0 spiro atoms. The molecule has 0 atom stereocenters. The second-order valence-corrected chi connectivity index (χ2v) is 11.5. The molecule has 1 heterocycles. The lowest BCUT2D eigenvalue weighted by molar-refractivity contribution is -0.385. The average molecular weight is 640 g/mol. The van der Waals surface area contributed by atoms with Crippen LogP contribution < -0.4 is 8.92 Å². The first kappa shape index (κ1) is 27.6. The van der Waals surface area contributed by atoms with Crippen molar-refractivity contribution in [3.05, 3.63) is 96.3 Å². The van der Waals surface area contributed by atoms with Gasteiger partial charge in [0.25, 0.3) is 16.8 Å². The molecule has 0 radical (unpaired) electrons. The number of carbonyl (C=O) groups excluding carboxylic acids is 2. The van der Waals surface area contributed by atoms with Gasteiger partial charge in [0.15, 0.2) is 11.5 Å². The number of benzene rings is 3. The van der Waals surface area contributed by atoms with Gasteiger partial charge < -0.3 is 8.92 Å². The molecule has 14 heteroatoms. The Bertz CT molecular complexity index is 1610. The molecule has 0 unspecified atom stereocenters. The number of ether oxygens (including phenoxy) is 1. The van der Waals surface area contributed by atoms with Crippen LogP contribution in [0.25, 0.3) is 6.08 Å². The number of halogens is 2. The predicted octanol–water partition coefficient (Wildman–Crippen LogP) is 6.02. The summed E-state index contributed by atoms with van der Waals surface area (Å²) in [6, 6.07) is 14.2. The Kier molecular flexibility index (Phi) is 8.11. The highest BCUT2D eigenvalue weighted by Gasteiger charge is 2.35. The first-order chi connectivity index (χ1) is 18.0. The lowest BCUT2D eigenvalue weighted by Gasteiger charge is -2.14. The lowest BCUT2D eigenvalue weighted by Crippen LogP contribution is -2.27. The third kappa shape index (κ3) is 5.85. The number of methoxy groups -OCH3 is 1. The minimum absolute atomic E-state index is 0.00470. The standard InChI is InChI=1S/C24H16BrClN2O8S2/c1-35-20-10-14(11-21-23(29)27(24(30)37-21)13-15-5-2-3-8-19(15)26)9-18(25)22(20)36-38(33,34)17-7-4-6-16(12-17)28(31)32/h2-12H,13H2,1H3/b21-11-. The second-order valence-electron chi connectivity index (χ2n) is 7.69. The number of nitrogens with zero attached hydrogens (tertiary/aromatic N) is 2.